The lowest BCUT2D eigenvalue weighted by atomic mass is 10.00. The molecule has 1 aliphatic rings. The summed E-state index contributed by atoms with van der Waals surface area (Å²) in [5.74, 6) is -0.0999. The van der Waals surface area contributed by atoms with Crippen molar-refractivity contribution in [2.24, 2.45) is 5.73 Å². The molecule has 0 spiro atoms. The van der Waals surface area contributed by atoms with E-state index >= 15 is 0 Å². The number of allylic oxidation sites excluding steroid dienone is 3. The van der Waals surface area contributed by atoms with Crippen LogP contribution in [0, 0.1) is 0 Å². The Morgan fingerprint density at radius 3 is 2.94 bits per heavy atom. The molecule has 1 amide bonds. The zero-order valence-corrected chi connectivity index (χ0v) is 11.1. The van der Waals surface area contributed by atoms with Crippen LogP contribution in [0.5, 0.6) is 0 Å². The van der Waals surface area contributed by atoms with Crippen LogP contribution in [0.25, 0.3) is 5.57 Å². The average Bonchev–Trinajstić information content (AvgIpc) is 2.80. The molecule has 0 aromatic carbocycles. The summed E-state index contributed by atoms with van der Waals surface area (Å²) in [6.07, 6.45) is 4.59. The van der Waals surface area contributed by atoms with Crippen molar-refractivity contribution in [3.8, 4) is 0 Å². The lowest BCUT2D eigenvalue weighted by Gasteiger charge is -2.19. The van der Waals surface area contributed by atoms with Crippen LogP contribution in [0.2, 0.25) is 0 Å². The normalized spacial score (nSPS) is 19.8. The lowest BCUT2D eigenvalue weighted by molar-refractivity contribution is -0.119. The van der Waals surface area contributed by atoms with Crippen molar-refractivity contribution in [1.82, 2.24) is 5.32 Å². The predicted octanol–water partition coefficient (Wildman–Crippen LogP) is 2.44. The Hall–Kier alpha value is -1.81. The third-order valence-electron chi connectivity index (χ3n) is 2.82. The molecule has 0 radical (unpaired) electrons. The van der Waals surface area contributed by atoms with Gasteiger partial charge in [0.25, 0.3) is 0 Å². The van der Waals surface area contributed by atoms with E-state index in [-0.39, 0.29) is 11.9 Å². The van der Waals surface area contributed by atoms with Crippen LogP contribution in [0.4, 0.5) is 0 Å². The number of carbonyl (C=O) groups is 1. The topological polar surface area (TPSA) is 55.1 Å². The first kappa shape index (κ1) is 12.6. The zero-order valence-electron chi connectivity index (χ0n) is 10.3. The molecule has 0 aliphatic heterocycles. The molecular formula is C14H16N2OS. The van der Waals surface area contributed by atoms with E-state index in [9.17, 15) is 4.79 Å². The molecule has 1 aromatic heterocycles. The quantitative estimate of drug-likeness (QED) is 0.802. The van der Waals surface area contributed by atoms with Crippen LogP contribution in [0.15, 0.2) is 47.5 Å². The molecule has 1 atom stereocenters. The Balaban J connectivity index is 2.24. The highest BCUT2D eigenvalue weighted by Gasteiger charge is 2.20. The van der Waals surface area contributed by atoms with E-state index in [4.69, 9.17) is 5.73 Å². The highest BCUT2D eigenvalue weighted by molar-refractivity contribution is 7.11. The molecule has 3 nitrogen and oxygen atoms in total. The highest BCUT2D eigenvalue weighted by atomic mass is 32.1. The smallest absolute Gasteiger partial charge is 0.217 e. The standard InChI is InChI=1S/C14H16N2OS/c1-9-8-11(13-4-3-7-18-13)5-6-12(15)14(9)16-10(2)17/h3-7,14H,1,8,15H2,2H3,(H,16,17). The van der Waals surface area contributed by atoms with Crippen LogP contribution in [-0.2, 0) is 4.79 Å². The van der Waals surface area contributed by atoms with Gasteiger partial charge in [0, 0.05) is 17.5 Å². The molecule has 0 fully saturated rings. The first-order valence-corrected chi connectivity index (χ1v) is 6.60. The van der Waals surface area contributed by atoms with E-state index in [2.05, 4.69) is 18.0 Å². The van der Waals surface area contributed by atoms with Crippen LogP contribution in [0.1, 0.15) is 18.2 Å². The molecule has 3 N–H and O–H groups in total. The minimum absolute atomic E-state index is 0.0999. The molecule has 1 unspecified atom stereocenters. The van der Waals surface area contributed by atoms with Gasteiger partial charge in [-0.3, -0.25) is 4.79 Å². The lowest BCUT2D eigenvalue weighted by Crippen LogP contribution is -2.38. The van der Waals surface area contributed by atoms with Crippen LogP contribution in [-0.4, -0.2) is 11.9 Å². The summed E-state index contributed by atoms with van der Waals surface area (Å²) in [5.41, 5.74) is 8.70. The van der Waals surface area contributed by atoms with Gasteiger partial charge in [-0.1, -0.05) is 18.7 Å². The van der Waals surface area contributed by atoms with Crippen molar-refractivity contribution in [1.29, 1.82) is 0 Å². The number of amides is 1. The second-order valence-corrected chi connectivity index (χ2v) is 5.25. The number of hydrogen-bond donors (Lipinski definition) is 2. The summed E-state index contributed by atoms with van der Waals surface area (Å²) in [5, 5.41) is 4.87. The third-order valence-corrected chi connectivity index (χ3v) is 3.77. The molecular weight excluding hydrogens is 244 g/mol. The predicted molar refractivity (Wildman–Crippen MR) is 75.9 cm³/mol. The van der Waals surface area contributed by atoms with E-state index in [1.165, 1.54) is 17.4 Å². The van der Waals surface area contributed by atoms with E-state index in [0.717, 1.165) is 12.0 Å². The fourth-order valence-corrected chi connectivity index (χ4v) is 2.71. The van der Waals surface area contributed by atoms with Gasteiger partial charge in [-0.25, -0.2) is 0 Å². The van der Waals surface area contributed by atoms with Crippen molar-refractivity contribution in [2.45, 2.75) is 19.4 Å². The molecule has 0 saturated carbocycles. The maximum absolute atomic E-state index is 11.2. The first-order chi connectivity index (χ1) is 8.58. The molecule has 2 rings (SSSR count). The van der Waals surface area contributed by atoms with Crippen LogP contribution in [0.3, 0.4) is 0 Å². The molecule has 4 heteroatoms. The molecule has 94 valence electrons. The van der Waals surface area contributed by atoms with Gasteiger partial charge in [0.15, 0.2) is 0 Å². The van der Waals surface area contributed by atoms with Crippen molar-refractivity contribution in [3.05, 3.63) is 52.4 Å². The molecule has 0 saturated heterocycles. The maximum Gasteiger partial charge on any atom is 0.217 e. The number of carbonyl (C=O) groups excluding carboxylic acids is 1. The fourth-order valence-electron chi connectivity index (χ4n) is 1.95. The minimum atomic E-state index is -0.267. The minimum Gasteiger partial charge on any atom is -0.400 e. The Labute approximate surface area is 111 Å². The van der Waals surface area contributed by atoms with Gasteiger partial charge in [-0.15, -0.1) is 11.3 Å². The van der Waals surface area contributed by atoms with Crippen molar-refractivity contribution in [2.75, 3.05) is 0 Å². The number of nitrogens with two attached hydrogens (primary N) is 1. The van der Waals surface area contributed by atoms with Gasteiger partial charge >= 0.3 is 0 Å². The van der Waals surface area contributed by atoms with E-state index < -0.39 is 0 Å². The molecule has 0 bridgehead atoms. The van der Waals surface area contributed by atoms with E-state index in [1.54, 1.807) is 11.3 Å². The Morgan fingerprint density at radius 2 is 2.33 bits per heavy atom. The van der Waals surface area contributed by atoms with Gasteiger partial charge in [0.05, 0.1) is 6.04 Å². The average molecular weight is 260 g/mol. The summed E-state index contributed by atoms with van der Waals surface area (Å²) in [6.45, 7) is 5.53. The van der Waals surface area contributed by atoms with Crippen molar-refractivity contribution >= 4 is 22.8 Å². The SMILES string of the molecule is C=C1CC(c2cccs2)=CC=C(N)C1NC(C)=O. The monoisotopic (exact) mass is 260 g/mol. The highest BCUT2D eigenvalue weighted by Crippen LogP contribution is 2.30. The Kier molecular flexibility index (Phi) is 3.67. The van der Waals surface area contributed by atoms with E-state index in [1.807, 2.05) is 23.6 Å². The molecule has 18 heavy (non-hydrogen) atoms. The van der Waals surface area contributed by atoms with Crippen molar-refractivity contribution < 1.29 is 4.79 Å². The summed E-state index contributed by atoms with van der Waals surface area (Å²) < 4.78 is 0. The molecule has 1 aromatic rings. The molecule has 1 heterocycles. The van der Waals surface area contributed by atoms with Gasteiger partial charge in [-0.05, 0) is 35.1 Å². The zero-order chi connectivity index (χ0) is 13.1. The van der Waals surface area contributed by atoms with E-state index in [0.29, 0.717) is 5.70 Å². The molecule has 1 aliphatic carbocycles. The number of hydrogen-bond acceptors (Lipinski definition) is 3. The van der Waals surface area contributed by atoms with Gasteiger partial charge < -0.3 is 11.1 Å². The third kappa shape index (κ3) is 2.71. The summed E-state index contributed by atoms with van der Waals surface area (Å²) in [4.78, 5) is 12.4. The largest absolute Gasteiger partial charge is 0.400 e. The Morgan fingerprint density at radius 1 is 1.56 bits per heavy atom. The fraction of sp³-hybridized carbons (Fsp3) is 0.214. The van der Waals surface area contributed by atoms with Gasteiger partial charge in [-0.2, -0.15) is 0 Å². The number of thiophene rings is 1. The first-order valence-electron chi connectivity index (χ1n) is 5.73. The maximum atomic E-state index is 11.2. The Bertz CT molecular complexity index is 526. The van der Waals surface area contributed by atoms with Crippen molar-refractivity contribution in [3.63, 3.8) is 0 Å². The summed E-state index contributed by atoms with van der Waals surface area (Å²) in [7, 11) is 0. The summed E-state index contributed by atoms with van der Waals surface area (Å²) >= 11 is 1.69. The van der Waals surface area contributed by atoms with Gasteiger partial charge in [0.2, 0.25) is 5.91 Å². The van der Waals surface area contributed by atoms with Crippen LogP contribution >= 0.6 is 11.3 Å². The van der Waals surface area contributed by atoms with Crippen LogP contribution < -0.4 is 11.1 Å². The second kappa shape index (κ2) is 5.23. The summed E-state index contributed by atoms with van der Waals surface area (Å²) in [6, 6.07) is 3.83. The number of rotatable bonds is 2. The van der Waals surface area contributed by atoms with Gasteiger partial charge in [0.1, 0.15) is 0 Å². The second-order valence-electron chi connectivity index (χ2n) is 4.30. The number of nitrogens with one attached hydrogen (secondary N) is 1.